The van der Waals surface area contributed by atoms with Crippen molar-refractivity contribution < 1.29 is 4.79 Å². The van der Waals surface area contributed by atoms with E-state index in [0.29, 0.717) is 18.7 Å². The summed E-state index contributed by atoms with van der Waals surface area (Å²) in [5.74, 6) is 0.00657. The molecule has 7 heteroatoms. The van der Waals surface area contributed by atoms with Crippen LogP contribution in [-0.4, -0.2) is 57.4 Å². The Morgan fingerprint density at radius 1 is 0.939 bits per heavy atom. The number of amides is 1. The number of rotatable bonds is 4. The van der Waals surface area contributed by atoms with E-state index in [1.165, 1.54) is 5.56 Å². The second-order valence-corrected chi connectivity index (χ2v) is 9.49. The lowest BCUT2D eigenvalue weighted by Crippen LogP contribution is -2.56. The molecule has 0 radical (unpaired) electrons. The first-order valence-corrected chi connectivity index (χ1v) is 11.3. The molecule has 7 nitrogen and oxygen atoms in total. The summed E-state index contributed by atoms with van der Waals surface area (Å²) in [6.45, 7) is 7.37. The number of para-hydroxylation sites is 1. The van der Waals surface area contributed by atoms with E-state index < -0.39 is 5.54 Å². The molecule has 1 amide bonds. The Kier molecular flexibility index (Phi) is 5.31. The van der Waals surface area contributed by atoms with E-state index in [1.54, 1.807) is 13.8 Å². The van der Waals surface area contributed by atoms with Crippen molar-refractivity contribution in [1.29, 1.82) is 0 Å². The Morgan fingerprint density at radius 2 is 1.67 bits per heavy atom. The number of aromatic amines is 2. The van der Waals surface area contributed by atoms with Crippen molar-refractivity contribution in [3.63, 3.8) is 0 Å². The lowest BCUT2D eigenvalue weighted by molar-refractivity contribution is -0.137. The molecule has 0 unspecified atom stereocenters. The Labute approximate surface area is 192 Å². The molecule has 33 heavy (non-hydrogen) atoms. The van der Waals surface area contributed by atoms with Gasteiger partial charge in [-0.15, -0.1) is 0 Å². The summed E-state index contributed by atoms with van der Waals surface area (Å²) in [5, 5.41) is 2.08. The van der Waals surface area contributed by atoms with Crippen LogP contribution >= 0.6 is 0 Å². The van der Waals surface area contributed by atoms with Gasteiger partial charge in [0.15, 0.2) is 0 Å². The number of aromatic nitrogens is 2. The van der Waals surface area contributed by atoms with Crippen LogP contribution in [0.5, 0.6) is 0 Å². The molecule has 1 saturated heterocycles. The van der Waals surface area contributed by atoms with Gasteiger partial charge in [-0.2, -0.15) is 0 Å². The smallest absolute Gasteiger partial charge is 0.257 e. The predicted molar refractivity (Wildman–Crippen MR) is 132 cm³/mol. The second-order valence-electron chi connectivity index (χ2n) is 9.49. The van der Waals surface area contributed by atoms with E-state index in [0.717, 1.165) is 47.1 Å². The second kappa shape index (κ2) is 8.17. The standard InChI is InChI=1S/C26H29N5O2/c1-26(2,27)25(33)31-11-9-30(10-12-31)16-17-7-8-22-19(13-17)15-23(28-22)20-14-18-5-3-4-6-21(18)29-24(20)32/h3-8,13-15,28H,9-12,16,27H2,1-2H3,(H,29,32). The van der Waals surface area contributed by atoms with Crippen LogP contribution in [0, 0.1) is 0 Å². The van der Waals surface area contributed by atoms with Gasteiger partial charge >= 0.3 is 0 Å². The summed E-state index contributed by atoms with van der Waals surface area (Å²) in [5.41, 5.74) is 9.53. The summed E-state index contributed by atoms with van der Waals surface area (Å²) in [7, 11) is 0. The molecule has 4 N–H and O–H groups in total. The van der Waals surface area contributed by atoms with E-state index in [1.807, 2.05) is 41.3 Å². The van der Waals surface area contributed by atoms with Crippen LogP contribution in [0.3, 0.4) is 0 Å². The summed E-state index contributed by atoms with van der Waals surface area (Å²) < 4.78 is 0. The molecule has 1 aliphatic rings. The normalized spacial score (nSPS) is 15.4. The highest BCUT2D eigenvalue weighted by Crippen LogP contribution is 2.25. The monoisotopic (exact) mass is 443 g/mol. The summed E-state index contributed by atoms with van der Waals surface area (Å²) in [4.78, 5) is 35.6. The molecule has 3 heterocycles. The number of carbonyl (C=O) groups excluding carboxylic acids is 1. The van der Waals surface area contributed by atoms with Crippen molar-refractivity contribution in [3.05, 3.63) is 70.5 Å². The van der Waals surface area contributed by atoms with E-state index in [-0.39, 0.29) is 11.5 Å². The topological polar surface area (TPSA) is 98.2 Å². The van der Waals surface area contributed by atoms with Crippen molar-refractivity contribution in [2.24, 2.45) is 5.73 Å². The molecule has 0 saturated carbocycles. The highest BCUT2D eigenvalue weighted by molar-refractivity contribution is 5.89. The zero-order valence-electron chi connectivity index (χ0n) is 19.0. The molecule has 4 aromatic rings. The number of piperazine rings is 1. The van der Waals surface area contributed by atoms with Gasteiger partial charge in [-0.25, -0.2) is 0 Å². The first-order chi connectivity index (χ1) is 15.8. The van der Waals surface area contributed by atoms with Crippen LogP contribution in [-0.2, 0) is 11.3 Å². The first-order valence-electron chi connectivity index (χ1n) is 11.3. The summed E-state index contributed by atoms with van der Waals surface area (Å²) in [6.07, 6.45) is 0. The number of benzene rings is 2. The first kappa shape index (κ1) is 21.4. The molecular formula is C26H29N5O2. The van der Waals surface area contributed by atoms with Gasteiger partial charge < -0.3 is 20.6 Å². The van der Waals surface area contributed by atoms with Crippen LogP contribution in [0.25, 0.3) is 33.1 Å². The molecule has 1 aliphatic heterocycles. The molecule has 0 bridgehead atoms. The van der Waals surface area contributed by atoms with Crippen LogP contribution in [0.4, 0.5) is 0 Å². The maximum atomic E-state index is 12.7. The number of nitrogens with one attached hydrogen (secondary N) is 2. The predicted octanol–water partition coefficient (Wildman–Crippen LogP) is 3.06. The van der Waals surface area contributed by atoms with Crippen LogP contribution in [0.2, 0.25) is 0 Å². The fraction of sp³-hybridized carbons (Fsp3) is 0.308. The van der Waals surface area contributed by atoms with Gasteiger partial charge in [0, 0.05) is 49.1 Å². The highest BCUT2D eigenvalue weighted by Gasteiger charge is 2.30. The molecule has 5 rings (SSSR count). The van der Waals surface area contributed by atoms with Gasteiger partial charge in [0.05, 0.1) is 16.8 Å². The lowest BCUT2D eigenvalue weighted by Gasteiger charge is -2.37. The quantitative estimate of drug-likeness (QED) is 0.452. The molecular weight excluding hydrogens is 414 g/mol. The third kappa shape index (κ3) is 4.29. The number of hydrogen-bond donors (Lipinski definition) is 3. The molecule has 2 aromatic carbocycles. The minimum Gasteiger partial charge on any atom is -0.354 e. The minimum atomic E-state index is -0.827. The number of carbonyl (C=O) groups is 1. The fourth-order valence-corrected chi connectivity index (χ4v) is 4.55. The third-order valence-corrected chi connectivity index (χ3v) is 6.35. The van der Waals surface area contributed by atoms with Gasteiger partial charge in [-0.1, -0.05) is 24.3 Å². The average molecular weight is 444 g/mol. The largest absolute Gasteiger partial charge is 0.354 e. The number of fused-ring (bicyclic) bond motifs is 2. The zero-order valence-corrected chi connectivity index (χ0v) is 19.0. The summed E-state index contributed by atoms with van der Waals surface area (Å²) >= 11 is 0. The Bertz CT molecular complexity index is 1390. The Balaban J connectivity index is 1.33. The minimum absolute atomic E-state index is 0.00657. The number of nitrogens with zero attached hydrogens (tertiary/aromatic N) is 2. The number of H-pyrrole nitrogens is 2. The van der Waals surface area contributed by atoms with E-state index in [4.69, 9.17) is 5.73 Å². The molecule has 0 atom stereocenters. The van der Waals surface area contributed by atoms with E-state index >= 15 is 0 Å². The zero-order chi connectivity index (χ0) is 23.2. The van der Waals surface area contributed by atoms with Gasteiger partial charge in [-0.3, -0.25) is 14.5 Å². The van der Waals surface area contributed by atoms with Crippen LogP contribution in [0.15, 0.2) is 59.4 Å². The third-order valence-electron chi connectivity index (χ3n) is 6.35. The molecule has 2 aromatic heterocycles. The van der Waals surface area contributed by atoms with E-state index in [9.17, 15) is 9.59 Å². The lowest BCUT2D eigenvalue weighted by atomic mass is 10.0. The van der Waals surface area contributed by atoms with Crippen molar-refractivity contribution in [2.75, 3.05) is 26.2 Å². The molecule has 170 valence electrons. The van der Waals surface area contributed by atoms with Gasteiger partial charge in [0.25, 0.3) is 5.56 Å². The average Bonchev–Trinajstić information content (AvgIpc) is 3.21. The van der Waals surface area contributed by atoms with E-state index in [2.05, 4.69) is 33.1 Å². The molecule has 1 fully saturated rings. The summed E-state index contributed by atoms with van der Waals surface area (Å²) in [6, 6.07) is 18.1. The van der Waals surface area contributed by atoms with Crippen molar-refractivity contribution in [2.45, 2.75) is 25.9 Å². The maximum Gasteiger partial charge on any atom is 0.257 e. The maximum absolute atomic E-state index is 12.7. The highest BCUT2D eigenvalue weighted by atomic mass is 16.2. The van der Waals surface area contributed by atoms with Crippen LogP contribution < -0.4 is 11.3 Å². The van der Waals surface area contributed by atoms with Crippen molar-refractivity contribution in [3.8, 4) is 11.3 Å². The van der Waals surface area contributed by atoms with Crippen molar-refractivity contribution in [1.82, 2.24) is 19.8 Å². The van der Waals surface area contributed by atoms with Crippen LogP contribution in [0.1, 0.15) is 19.4 Å². The SMILES string of the molecule is CC(C)(N)C(=O)N1CCN(Cc2ccc3[nH]c(-c4cc5ccccc5[nH]c4=O)cc3c2)CC1. The fourth-order valence-electron chi connectivity index (χ4n) is 4.55. The number of pyridine rings is 1. The van der Waals surface area contributed by atoms with Crippen molar-refractivity contribution >= 4 is 27.7 Å². The Morgan fingerprint density at radius 3 is 2.42 bits per heavy atom. The Hall–Kier alpha value is -3.42. The number of nitrogens with two attached hydrogens (primary N) is 1. The molecule has 0 spiro atoms. The molecule has 0 aliphatic carbocycles. The van der Waals surface area contributed by atoms with Gasteiger partial charge in [0.2, 0.25) is 5.91 Å². The van der Waals surface area contributed by atoms with Gasteiger partial charge in [0.1, 0.15) is 0 Å². The number of hydrogen-bond acceptors (Lipinski definition) is 4. The van der Waals surface area contributed by atoms with Gasteiger partial charge in [-0.05, 0) is 55.1 Å².